The van der Waals surface area contributed by atoms with Crippen LogP contribution in [0.1, 0.15) is 48.9 Å². The molecule has 6 nitrogen and oxygen atoms in total. The fraction of sp³-hybridized carbons (Fsp3) is 0.500. The minimum absolute atomic E-state index is 0.121. The number of carbonyl (C=O) groups excluding carboxylic acids is 1. The molecule has 26 heavy (non-hydrogen) atoms. The Kier molecular flexibility index (Phi) is 5.74. The lowest BCUT2D eigenvalue weighted by molar-refractivity contribution is 0.0247. The van der Waals surface area contributed by atoms with Crippen LogP contribution in [0.5, 0.6) is 0 Å². The normalized spacial score (nSPS) is 17.0. The molecule has 0 radical (unpaired) electrons. The summed E-state index contributed by atoms with van der Waals surface area (Å²) in [6, 6.07) is 6.77. The van der Waals surface area contributed by atoms with Crippen LogP contribution in [0.2, 0.25) is 0 Å². The summed E-state index contributed by atoms with van der Waals surface area (Å²) in [5.41, 5.74) is -0.647. The summed E-state index contributed by atoms with van der Waals surface area (Å²) < 4.78 is 1.43. The highest BCUT2D eigenvalue weighted by atomic mass is 16.3. The second-order valence-electron chi connectivity index (χ2n) is 7.13. The largest absolute Gasteiger partial charge is 0.395 e. The van der Waals surface area contributed by atoms with Crippen molar-refractivity contribution in [3.8, 4) is 0 Å². The van der Waals surface area contributed by atoms with Gasteiger partial charge < -0.3 is 20.1 Å². The molecule has 3 N–H and O–H groups in total. The number of aliphatic hydroxyl groups is 2. The summed E-state index contributed by atoms with van der Waals surface area (Å²) in [5, 5.41) is 23.6. The minimum atomic E-state index is -0.843. The van der Waals surface area contributed by atoms with Crippen molar-refractivity contribution in [3.63, 3.8) is 0 Å². The Labute approximate surface area is 152 Å². The molecule has 0 atom stereocenters. The van der Waals surface area contributed by atoms with E-state index in [4.69, 9.17) is 5.11 Å². The number of rotatable bonds is 5. The van der Waals surface area contributed by atoms with E-state index in [2.05, 4.69) is 5.32 Å². The molecule has 1 aliphatic rings. The lowest BCUT2D eigenvalue weighted by Crippen LogP contribution is -2.42. The molecule has 0 spiro atoms. The Morgan fingerprint density at radius 2 is 1.85 bits per heavy atom. The first-order valence-corrected chi connectivity index (χ1v) is 9.28. The van der Waals surface area contributed by atoms with Crippen LogP contribution in [0.25, 0.3) is 10.8 Å². The van der Waals surface area contributed by atoms with E-state index in [1.807, 2.05) is 0 Å². The molecule has 0 saturated heterocycles. The van der Waals surface area contributed by atoms with Gasteiger partial charge in [0.25, 0.3) is 11.5 Å². The molecule has 1 amide bonds. The highest BCUT2D eigenvalue weighted by molar-refractivity contribution is 6.06. The van der Waals surface area contributed by atoms with Gasteiger partial charge in [-0.15, -0.1) is 0 Å². The number of fused-ring (bicyclic) bond motifs is 1. The van der Waals surface area contributed by atoms with Crippen LogP contribution in [-0.4, -0.2) is 39.4 Å². The molecule has 1 heterocycles. The Bertz CT molecular complexity index is 835. The van der Waals surface area contributed by atoms with Gasteiger partial charge in [0.15, 0.2) is 0 Å². The number of carbonyl (C=O) groups is 1. The molecule has 2 aromatic rings. The van der Waals surface area contributed by atoms with Crippen molar-refractivity contribution in [2.75, 3.05) is 13.2 Å². The number of nitrogens with zero attached hydrogens (tertiary/aromatic N) is 1. The number of pyridine rings is 1. The molecule has 6 heteroatoms. The summed E-state index contributed by atoms with van der Waals surface area (Å²) in [6.07, 6.45) is 7.20. The molecule has 0 bridgehead atoms. The van der Waals surface area contributed by atoms with E-state index in [0.717, 1.165) is 25.7 Å². The second-order valence-corrected chi connectivity index (χ2v) is 7.13. The van der Waals surface area contributed by atoms with E-state index in [1.165, 1.54) is 4.57 Å². The van der Waals surface area contributed by atoms with Gasteiger partial charge >= 0.3 is 0 Å². The van der Waals surface area contributed by atoms with Crippen LogP contribution in [-0.2, 0) is 6.54 Å². The van der Waals surface area contributed by atoms with Gasteiger partial charge in [0, 0.05) is 35.6 Å². The van der Waals surface area contributed by atoms with E-state index in [0.29, 0.717) is 29.2 Å². The third kappa shape index (κ3) is 3.97. The van der Waals surface area contributed by atoms with Gasteiger partial charge in [-0.3, -0.25) is 9.59 Å². The predicted octanol–water partition coefficient (Wildman–Crippen LogP) is 1.81. The van der Waals surface area contributed by atoms with Crippen LogP contribution in [0, 0.1) is 0 Å². The maximum absolute atomic E-state index is 12.7. The minimum Gasteiger partial charge on any atom is -0.395 e. The molecule has 1 aromatic carbocycles. The molecule has 0 aliphatic heterocycles. The lowest BCUT2D eigenvalue weighted by atomic mass is 9.94. The molecular weight excluding hydrogens is 332 g/mol. The van der Waals surface area contributed by atoms with Crippen molar-refractivity contribution in [2.45, 2.75) is 50.7 Å². The van der Waals surface area contributed by atoms with Gasteiger partial charge in [0.05, 0.1) is 12.2 Å². The summed E-state index contributed by atoms with van der Waals surface area (Å²) in [4.78, 5) is 25.1. The zero-order chi connectivity index (χ0) is 18.6. The molecule has 1 aliphatic carbocycles. The zero-order valence-corrected chi connectivity index (χ0v) is 14.9. The molecule has 1 fully saturated rings. The van der Waals surface area contributed by atoms with Gasteiger partial charge in [0.1, 0.15) is 0 Å². The summed E-state index contributed by atoms with van der Waals surface area (Å²) >= 11 is 0. The average molecular weight is 358 g/mol. The van der Waals surface area contributed by atoms with Crippen LogP contribution in [0.4, 0.5) is 0 Å². The number of aromatic nitrogens is 1. The molecule has 0 unspecified atom stereocenters. The third-order valence-corrected chi connectivity index (χ3v) is 5.22. The number of hydrogen-bond acceptors (Lipinski definition) is 4. The first kappa shape index (κ1) is 18.6. The smallest absolute Gasteiger partial charge is 0.258 e. The Morgan fingerprint density at radius 1 is 1.12 bits per heavy atom. The van der Waals surface area contributed by atoms with E-state index in [9.17, 15) is 14.7 Å². The lowest BCUT2D eigenvalue weighted by Gasteiger charge is -2.26. The topological polar surface area (TPSA) is 91.6 Å². The van der Waals surface area contributed by atoms with Crippen LogP contribution < -0.4 is 10.9 Å². The van der Waals surface area contributed by atoms with Crippen molar-refractivity contribution in [3.05, 3.63) is 46.4 Å². The first-order valence-electron chi connectivity index (χ1n) is 9.28. The summed E-state index contributed by atoms with van der Waals surface area (Å²) in [7, 11) is 0. The van der Waals surface area contributed by atoms with Crippen molar-refractivity contribution >= 4 is 16.7 Å². The highest BCUT2D eigenvalue weighted by Crippen LogP contribution is 2.26. The Morgan fingerprint density at radius 3 is 2.54 bits per heavy atom. The maximum Gasteiger partial charge on any atom is 0.258 e. The number of benzene rings is 1. The summed E-state index contributed by atoms with van der Waals surface area (Å²) in [6.45, 7) is 0.326. The van der Waals surface area contributed by atoms with Crippen LogP contribution >= 0.6 is 0 Å². The molecule has 140 valence electrons. The zero-order valence-electron chi connectivity index (χ0n) is 14.9. The van der Waals surface area contributed by atoms with Crippen molar-refractivity contribution in [1.29, 1.82) is 0 Å². The molecular formula is C20H26N2O4. The predicted molar refractivity (Wildman–Crippen MR) is 100 cm³/mol. The van der Waals surface area contributed by atoms with Crippen molar-refractivity contribution in [1.82, 2.24) is 9.88 Å². The SMILES string of the molecule is O=C(NCC1(O)CCCCCC1)c1cccc2c(=O)n(CCO)ccc12. The van der Waals surface area contributed by atoms with E-state index in [1.54, 1.807) is 30.5 Å². The van der Waals surface area contributed by atoms with Gasteiger partial charge in [-0.2, -0.15) is 0 Å². The second kappa shape index (κ2) is 8.01. The fourth-order valence-electron chi connectivity index (χ4n) is 3.70. The van der Waals surface area contributed by atoms with E-state index < -0.39 is 5.60 Å². The molecule has 1 aromatic heterocycles. The van der Waals surface area contributed by atoms with E-state index in [-0.39, 0.29) is 31.2 Å². The van der Waals surface area contributed by atoms with E-state index >= 15 is 0 Å². The fourth-order valence-corrected chi connectivity index (χ4v) is 3.70. The van der Waals surface area contributed by atoms with Gasteiger partial charge in [0.2, 0.25) is 0 Å². The van der Waals surface area contributed by atoms with Gasteiger partial charge in [-0.1, -0.05) is 31.7 Å². The third-order valence-electron chi connectivity index (χ3n) is 5.22. The maximum atomic E-state index is 12.7. The monoisotopic (exact) mass is 358 g/mol. The van der Waals surface area contributed by atoms with Crippen LogP contribution in [0.3, 0.4) is 0 Å². The number of aliphatic hydroxyl groups excluding tert-OH is 1. The van der Waals surface area contributed by atoms with Crippen molar-refractivity contribution < 1.29 is 15.0 Å². The first-order chi connectivity index (χ1) is 12.5. The standard InChI is InChI=1S/C20H26N2O4/c23-13-12-22-11-8-15-16(6-5-7-17(15)19(22)25)18(24)21-14-20(26)9-3-1-2-4-10-20/h5-8,11,23,26H,1-4,9-10,12-14H2,(H,21,24). The Hall–Kier alpha value is -2.18. The number of hydrogen-bond donors (Lipinski definition) is 3. The molecule has 1 saturated carbocycles. The van der Waals surface area contributed by atoms with Crippen molar-refractivity contribution in [2.24, 2.45) is 0 Å². The van der Waals surface area contributed by atoms with Crippen LogP contribution in [0.15, 0.2) is 35.3 Å². The number of amides is 1. The molecule has 3 rings (SSSR count). The van der Waals surface area contributed by atoms with Gasteiger partial charge in [-0.05, 0) is 31.0 Å². The average Bonchev–Trinajstić information content (AvgIpc) is 2.87. The number of nitrogens with one attached hydrogen (secondary N) is 1. The van der Waals surface area contributed by atoms with Gasteiger partial charge in [-0.25, -0.2) is 0 Å². The highest BCUT2D eigenvalue weighted by Gasteiger charge is 2.28. The Balaban J connectivity index is 1.82. The quantitative estimate of drug-likeness (QED) is 0.711. The summed E-state index contributed by atoms with van der Waals surface area (Å²) in [5.74, 6) is -0.285.